The number of nitrogens with zero attached hydrogens (tertiary/aromatic N) is 1. The molecule has 6 heavy (non-hydrogen) atoms. The van der Waals surface area contributed by atoms with Gasteiger partial charge in [-0.25, -0.2) is 0 Å². The summed E-state index contributed by atoms with van der Waals surface area (Å²) in [5.41, 5.74) is 0. The van der Waals surface area contributed by atoms with E-state index in [0.717, 1.165) is 0 Å². The van der Waals surface area contributed by atoms with E-state index in [9.17, 15) is 0 Å². The Labute approximate surface area is 50.9 Å². The van der Waals surface area contributed by atoms with Crippen molar-refractivity contribution in [2.24, 2.45) is 0 Å². The van der Waals surface area contributed by atoms with E-state index in [1.54, 1.807) is 20.1 Å². The minimum absolute atomic E-state index is 1.20. The van der Waals surface area contributed by atoms with Gasteiger partial charge in [0.25, 0.3) is 0 Å². The van der Waals surface area contributed by atoms with Crippen LogP contribution in [0.4, 0.5) is 0 Å². The van der Waals surface area contributed by atoms with Crippen LogP contribution in [0.1, 0.15) is 13.8 Å². The Hall–Kier alpha value is 0.648. The van der Waals surface area contributed by atoms with Gasteiger partial charge in [-0.1, -0.05) is 0 Å². The van der Waals surface area contributed by atoms with E-state index in [0.29, 0.717) is 0 Å². The molecule has 0 amide bonds. The molecule has 37 valence electrons. The second-order valence-corrected chi connectivity index (χ2v) is 2.97. The molecule has 0 aliphatic heterocycles. The van der Waals surface area contributed by atoms with Gasteiger partial charge in [0.05, 0.1) is 0 Å². The van der Waals surface area contributed by atoms with Gasteiger partial charge in [-0.3, -0.25) is 0 Å². The van der Waals surface area contributed by atoms with Crippen molar-refractivity contribution in [2.45, 2.75) is 13.8 Å². The second kappa shape index (κ2) is 3.83. The van der Waals surface area contributed by atoms with Crippen LogP contribution in [0, 0.1) is 0 Å². The van der Waals surface area contributed by atoms with Gasteiger partial charge in [-0.15, -0.1) is 0 Å². The van der Waals surface area contributed by atoms with Crippen LogP contribution in [-0.2, 0) is 20.1 Å². The SMILES string of the molecule is CC[N]([W])CC. The van der Waals surface area contributed by atoms with Gasteiger partial charge in [-0.2, -0.15) is 0 Å². The Morgan fingerprint density at radius 1 is 1.33 bits per heavy atom. The molecule has 0 saturated carbocycles. The van der Waals surface area contributed by atoms with E-state index in [1.165, 1.54) is 13.1 Å². The number of hydrogen-bond donors (Lipinski definition) is 0. The third-order valence-corrected chi connectivity index (χ3v) is 2.56. The minimum atomic E-state index is 1.20. The summed E-state index contributed by atoms with van der Waals surface area (Å²) in [4.78, 5) is 0. The fourth-order valence-electron chi connectivity index (χ4n) is 0.224. The number of rotatable bonds is 2. The van der Waals surface area contributed by atoms with E-state index in [1.807, 2.05) is 0 Å². The van der Waals surface area contributed by atoms with Crippen molar-refractivity contribution in [2.75, 3.05) is 13.1 Å². The summed E-state index contributed by atoms with van der Waals surface area (Å²) in [6.45, 7) is 6.75. The van der Waals surface area contributed by atoms with E-state index >= 15 is 0 Å². The van der Waals surface area contributed by atoms with E-state index in [-0.39, 0.29) is 0 Å². The maximum atomic E-state index is 2.33. The average molecular weight is 256 g/mol. The first-order valence-electron chi connectivity index (χ1n) is 2.23. The van der Waals surface area contributed by atoms with E-state index in [2.05, 4.69) is 17.3 Å². The van der Waals surface area contributed by atoms with Gasteiger partial charge in [0, 0.05) is 0 Å². The zero-order valence-corrected chi connectivity index (χ0v) is 7.20. The van der Waals surface area contributed by atoms with Crippen molar-refractivity contribution in [1.29, 1.82) is 0 Å². The van der Waals surface area contributed by atoms with Crippen LogP contribution in [0.2, 0.25) is 0 Å². The summed E-state index contributed by atoms with van der Waals surface area (Å²) in [5, 5.41) is 0. The molecule has 0 bridgehead atoms. The summed E-state index contributed by atoms with van der Waals surface area (Å²) >= 11 is 1.58. The molecular formula is C4H10NW. The Morgan fingerprint density at radius 2 is 1.67 bits per heavy atom. The van der Waals surface area contributed by atoms with Crippen LogP contribution in [-0.4, -0.2) is 16.5 Å². The zero-order chi connectivity index (χ0) is 4.99. The molecule has 0 aromatic rings. The van der Waals surface area contributed by atoms with Crippen LogP contribution in [0.3, 0.4) is 0 Å². The fourth-order valence-corrected chi connectivity index (χ4v) is 0.224. The standard InChI is InChI=1S/C4H10N.W/c1-3-5-4-2;/h3-4H2,1-2H3;/q-1;+1. The molecule has 0 unspecified atom stereocenters. The van der Waals surface area contributed by atoms with E-state index in [4.69, 9.17) is 0 Å². The van der Waals surface area contributed by atoms with Crippen molar-refractivity contribution < 1.29 is 20.1 Å². The Balaban J connectivity index is 2.75. The first-order chi connectivity index (χ1) is 2.81. The molecular weight excluding hydrogens is 246 g/mol. The van der Waals surface area contributed by atoms with Gasteiger partial charge >= 0.3 is 50.5 Å². The summed E-state index contributed by atoms with van der Waals surface area (Å²) in [7, 11) is 0. The Kier molecular flexibility index (Phi) is 4.24. The third-order valence-electron chi connectivity index (χ3n) is 0.705. The maximum absolute atomic E-state index is 2.33. The van der Waals surface area contributed by atoms with Crippen molar-refractivity contribution in [3.05, 3.63) is 0 Å². The van der Waals surface area contributed by atoms with Crippen LogP contribution in [0.15, 0.2) is 0 Å². The first kappa shape index (κ1) is 6.65. The average Bonchev–Trinajstić information content (AvgIpc) is 1.65. The van der Waals surface area contributed by atoms with Gasteiger partial charge in [0.2, 0.25) is 0 Å². The summed E-state index contributed by atoms with van der Waals surface area (Å²) in [5.74, 6) is 0. The van der Waals surface area contributed by atoms with Gasteiger partial charge < -0.3 is 0 Å². The van der Waals surface area contributed by atoms with Crippen molar-refractivity contribution in [3.63, 3.8) is 0 Å². The molecule has 0 atom stereocenters. The normalized spacial score (nSPS) is 9.83. The van der Waals surface area contributed by atoms with Crippen molar-refractivity contribution in [3.8, 4) is 0 Å². The fraction of sp³-hybridized carbons (Fsp3) is 1.00. The molecule has 1 nitrogen and oxygen atoms in total. The second-order valence-electron chi connectivity index (χ2n) is 1.11. The van der Waals surface area contributed by atoms with Crippen LogP contribution in [0.5, 0.6) is 0 Å². The van der Waals surface area contributed by atoms with Crippen LogP contribution >= 0.6 is 0 Å². The zero-order valence-electron chi connectivity index (χ0n) is 4.27. The van der Waals surface area contributed by atoms with E-state index < -0.39 is 0 Å². The quantitative estimate of drug-likeness (QED) is 0.706. The summed E-state index contributed by atoms with van der Waals surface area (Å²) < 4.78 is 2.33. The Morgan fingerprint density at radius 3 is 1.67 bits per heavy atom. The molecule has 0 aliphatic carbocycles. The molecule has 0 saturated heterocycles. The summed E-state index contributed by atoms with van der Waals surface area (Å²) in [6.07, 6.45) is 0. The molecule has 0 radical (unpaired) electrons. The predicted molar refractivity (Wildman–Crippen MR) is 22.9 cm³/mol. The molecule has 0 rings (SSSR count). The molecule has 0 aromatic carbocycles. The molecule has 0 aromatic heterocycles. The molecule has 0 aliphatic rings. The Bertz CT molecular complexity index is 26.7. The molecule has 0 spiro atoms. The topological polar surface area (TPSA) is 3.24 Å². The van der Waals surface area contributed by atoms with Crippen LogP contribution in [0.25, 0.3) is 0 Å². The van der Waals surface area contributed by atoms with Gasteiger partial charge in [-0.05, 0) is 0 Å². The third kappa shape index (κ3) is 2.86. The monoisotopic (exact) mass is 256 g/mol. The first-order valence-corrected chi connectivity index (χ1v) is 3.54. The predicted octanol–water partition coefficient (Wildman–Crippen LogP) is 0.790. The molecule has 0 heterocycles. The van der Waals surface area contributed by atoms with Crippen molar-refractivity contribution in [1.82, 2.24) is 3.46 Å². The molecule has 0 fully saturated rings. The van der Waals surface area contributed by atoms with Gasteiger partial charge in [0.1, 0.15) is 0 Å². The van der Waals surface area contributed by atoms with Crippen LogP contribution < -0.4 is 0 Å². The number of hydrogen-bond acceptors (Lipinski definition) is 1. The molecule has 2 heteroatoms. The summed E-state index contributed by atoms with van der Waals surface area (Å²) in [6, 6.07) is 0. The van der Waals surface area contributed by atoms with Crippen molar-refractivity contribution >= 4 is 0 Å². The molecule has 0 N–H and O–H groups in total. The van der Waals surface area contributed by atoms with Gasteiger partial charge in [0.15, 0.2) is 0 Å².